The Balaban J connectivity index is 2.69. The van der Waals surface area contributed by atoms with Crippen molar-refractivity contribution in [2.75, 3.05) is 6.54 Å². The van der Waals surface area contributed by atoms with Gasteiger partial charge in [0.05, 0.1) is 6.54 Å². The summed E-state index contributed by atoms with van der Waals surface area (Å²) in [5, 5.41) is 0. The van der Waals surface area contributed by atoms with Gasteiger partial charge in [0.2, 0.25) is 0 Å². The van der Waals surface area contributed by atoms with Crippen LogP contribution in [0.3, 0.4) is 0 Å². The number of aryl methyl sites for hydroxylation is 1. The van der Waals surface area contributed by atoms with E-state index in [1.54, 1.807) is 0 Å². The molecule has 0 bridgehead atoms. The third-order valence-corrected chi connectivity index (χ3v) is 1.45. The number of hydrogen-bond acceptors (Lipinski definition) is 1. The maximum atomic E-state index is 5.38. The highest BCUT2D eigenvalue weighted by molar-refractivity contribution is 5.03. The molecule has 0 aliphatic rings. The number of rotatable bonds is 2. The molecule has 1 rings (SSSR count). The van der Waals surface area contributed by atoms with Crippen LogP contribution in [0.2, 0.25) is 0 Å². The minimum atomic E-state index is 0.702. The molecule has 0 radical (unpaired) electrons. The van der Waals surface area contributed by atoms with Crippen molar-refractivity contribution in [3.8, 4) is 0 Å². The van der Waals surface area contributed by atoms with Gasteiger partial charge in [0.15, 0.2) is 18.9 Å². The van der Waals surface area contributed by atoms with E-state index in [9.17, 15) is 0 Å². The summed E-state index contributed by atoms with van der Waals surface area (Å²) >= 11 is 0. The van der Waals surface area contributed by atoms with Gasteiger partial charge in [-0.15, -0.1) is 0 Å². The van der Waals surface area contributed by atoms with Crippen LogP contribution < -0.4 is 10.3 Å². The van der Waals surface area contributed by atoms with Gasteiger partial charge in [0.25, 0.3) is 0 Å². The van der Waals surface area contributed by atoms with Gasteiger partial charge in [-0.3, -0.25) is 0 Å². The molecule has 1 heterocycles. The van der Waals surface area contributed by atoms with Crippen molar-refractivity contribution in [1.29, 1.82) is 0 Å². The molecule has 0 aromatic carbocycles. The normalized spacial score (nSPS) is 9.80. The molecule has 0 fully saturated rings. The smallest absolute Gasteiger partial charge is 0.169 e. The van der Waals surface area contributed by atoms with Crippen molar-refractivity contribution in [3.05, 3.63) is 30.1 Å². The van der Waals surface area contributed by atoms with Crippen molar-refractivity contribution >= 4 is 0 Å². The summed E-state index contributed by atoms with van der Waals surface area (Å²) in [6.07, 6.45) is 4.09. The summed E-state index contributed by atoms with van der Waals surface area (Å²) in [5.74, 6) is 0. The summed E-state index contributed by atoms with van der Waals surface area (Å²) in [6, 6.07) is 4.16. The minimum absolute atomic E-state index is 0.702. The monoisotopic (exact) mass is 137 g/mol. The van der Waals surface area contributed by atoms with Crippen LogP contribution in [0.25, 0.3) is 0 Å². The SMILES string of the molecule is Cc1cc[n+](CCN)cc1. The third kappa shape index (κ3) is 1.81. The van der Waals surface area contributed by atoms with Crippen LogP contribution in [-0.4, -0.2) is 6.54 Å². The quantitative estimate of drug-likeness (QED) is 0.581. The first-order chi connectivity index (χ1) is 4.83. The molecule has 2 heteroatoms. The minimum Gasteiger partial charge on any atom is -0.325 e. The van der Waals surface area contributed by atoms with Crippen molar-refractivity contribution in [3.63, 3.8) is 0 Å². The van der Waals surface area contributed by atoms with Gasteiger partial charge >= 0.3 is 0 Å². The summed E-state index contributed by atoms with van der Waals surface area (Å²) in [6.45, 7) is 3.68. The summed E-state index contributed by atoms with van der Waals surface area (Å²) in [4.78, 5) is 0. The van der Waals surface area contributed by atoms with E-state index in [1.165, 1.54) is 5.56 Å². The molecule has 0 aliphatic heterocycles. The molecule has 0 unspecified atom stereocenters. The molecule has 0 saturated carbocycles. The van der Waals surface area contributed by atoms with Crippen LogP contribution in [-0.2, 0) is 6.54 Å². The zero-order valence-electron chi connectivity index (χ0n) is 6.25. The molecule has 2 nitrogen and oxygen atoms in total. The van der Waals surface area contributed by atoms with Crippen molar-refractivity contribution < 1.29 is 4.57 Å². The first-order valence-corrected chi connectivity index (χ1v) is 3.48. The average Bonchev–Trinajstić information content (AvgIpc) is 1.95. The molecule has 0 aliphatic carbocycles. The average molecular weight is 137 g/mol. The second kappa shape index (κ2) is 3.32. The summed E-state index contributed by atoms with van der Waals surface area (Å²) in [5.41, 5.74) is 6.66. The highest BCUT2D eigenvalue weighted by Gasteiger charge is 1.94. The van der Waals surface area contributed by atoms with Crippen molar-refractivity contribution in [2.24, 2.45) is 5.73 Å². The van der Waals surface area contributed by atoms with E-state index in [0.29, 0.717) is 6.54 Å². The topological polar surface area (TPSA) is 29.9 Å². The zero-order chi connectivity index (χ0) is 7.40. The number of pyridine rings is 1. The van der Waals surface area contributed by atoms with Gasteiger partial charge in [0.1, 0.15) is 0 Å². The largest absolute Gasteiger partial charge is 0.325 e. The fourth-order valence-electron chi connectivity index (χ4n) is 0.830. The highest BCUT2D eigenvalue weighted by Crippen LogP contribution is 1.88. The van der Waals surface area contributed by atoms with Crippen molar-refractivity contribution in [2.45, 2.75) is 13.5 Å². The summed E-state index contributed by atoms with van der Waals surface area (Å²) < 4.78 is 2.08. The Bertz CT molecular complexity index is 191. The lowest BCUT2D eigenvalue weighted by atomic mass is 10.3. The summed E-state index contributed by atoms with van der Waals surface area (Å²) in [7, 11) is 0. The van der Waals surface area contributed by atoms with Gasteiger partial charge in [-0.2, -0.15) is 0 Å². The molecular weight excluding hydrogens is 124 g/mol. The van der Waals surface area contributed by atoms with Crippen LogP contribution in [0.1, 0.15) is 5.56 Å². The van der Waals surface area contributed by atoms with Gasteiger partial charge in [0, 0.05) is 12.1 Å². The lowest BCUT2D eigenvalue weighted by Crippen LogP contribution is -2.36. The maximum Gasteiger partial charge on any atom is 0.169 e. The number of hydrogen-bond donors (Lipinski definition) is 1. The Morgan fingerprint density at radius 1 is 1.40 bits per heavy atom. The third-order valence-electron chi connectivity index (χ3n) is 1.45. The Labute approximate surface area is 61.3 Å². The molecule has 1 aromatic heterocycles. The second-order valence-electron chi connectivity index (χ2n) is 2.40. The molecule has 54 valence electrons. The van der Waals surface area contributed by atoms with Gasteiger partial charge in [-0.25, -0.2) is 4.57 Å². The van der Waals surface area contributed by atoms with E-state index < -0.39 is 0 Å². The van der Waals surface area contributed by atoms with Crippen LogP contribution >= 0.6 is 0 Å². The first kappa shape index (κ1) is 7.22. The Hall–Kier alpha value is -0.890. The van der Waals surface area contributed by atoms with Gasteiger partial charge in [-0.05, 0) is 12.5 Å². The first-order valence-electron chi connectivity index (χ1n) is 3.48. The fraction of sp³-hybridized carbons (Fsp3) is 0.375. The van der Waals surface area contributed by atoms with E-state index in [2.05, 4.69) is 23.6 Å². The predicted molar refractivity (Wildman–Crippen MR) is 40.4 cm³/mol. The second-order valence-corrected chi connectivity index (χ2v) is 2.40. The van der Waals surface area contributed by atoms with E-state index >= 15 is 0 Å². The molecule has 0 amide bonds. The molecule has 0 spiro atoms. The maximum absolute atomic E-state index is 5.38. The Kier molecular flexibility index (Phi) is 2.40. The molecular formula is C8H13N2+. The van der Waals surface area contributed by atoms with Crippen LogP contribution in [0.5, 0.6) is 0 Å². The molecule has 2 N–H and O–H groups in total. The number of nitrogens with zero attached hydrogens (tertiary/aromatic N) is 1. The molecule has 10 heavy (non-hydrogen) atoms. The van der Waals surface area contributed by atoms with Gasteiger partial charge in [-0.1, -0.05) is 0 Å². The van der Waals surface area contributed by atoms with E-state index in [-0.39, 0.29) is 0 Å². The van der Waals surface area contributed by atoms with E-state index in [4.69, 9.17) is 5.73 Å². The molecule has 1 aromatic rings. The van der Waals surface area contributed by atoms with Crippen molar-refractivity contribution in [1.82, 2.24) is 0 Å². The lowest BCUT2D eigenvalue weighted by molar-refractivity contribution is -0.694. The predicted octanol–water partition coefficient (Wildman–Crippen LogP) is 0.241. The highest BCUT2D eigenvalue weighted by atomic mass is 14.9. The molecule has 0 atom stereocenters. The van der Waals surface area contributed by atoms with Crippen LogP contribution in [0, 0.1) is 6.92 Å². The number of nitrogens with two attached hydrogens (primary N) is 1. The molecule has 0 saturated heterocycles. The fourth-order valence-corrected chi connectivity index (χ4v) is 0.830. The van der Waals surface area contributed by atoms with Gasteiger partial charge < -0.3 is 5.73 Å². The van der Waals surface area contributed by atoms with Crippen LogP contribution in [0.4, 0.5) is 0 Å². The standard InChI is InChI=1S/C8H13N2/c1-8-2-5-10(6-3-8)7-4-9/h2-3,5-6H,4,7,9H2,1H3/q+1. The number of aromatic nitrogens is 1. The van der Waals surface area contributed by atoms with E-state index in [1.807, 2.05) is 12.4 Å². The van der Waals surface area contributed by atoms with Crippen LogP contribution in [0.15, 0.2) is 24.5 Å². The Morgan fingerprint density at radius 2 is 2.00 bits per heavy atom. The lowest BCUT2D eigenvalue weighted by Gasteiger charge is -1.92. The Morgan fingerprint density at radius 3 is 2.50 bits per heavy atom. The zero-order valence-corrected chi connectivity index (χ0v) is 6.25. The van der Waals surface area contributed by atoms with E-state index in [0.717, 1.165) is 6.54 Å².